The van der Waals surface area contributed by atoms with E-state index in [1.165, 1.54) is 0 Å². The first-order chi connectivity index (χ1) is 9.16. The van der Waals surface area contributed by atoms with Crippen molar-refractivity contribution < 1.29 is 9.90 Å². The highest BCUT2D eigenvalue weighted by Gasteiger charge is 2.18. The van der Waals surface area contributed by atoms with Crippen molar-refractivity contribution in [2.75, 3.05) is 5.73 Å². The Morgan fingerprint density at radius 1 is 1.21 bits per heavy atom. The molecule has 0 spiro atoms. The number of carboxylic acid groups (broad SMARTS) is 1. The Morgan fingerprint density at radius 3 is 2.63 bits per heavy atom. The summed E-state index contributed by atoms with van der Waals surface area (Å²) in [5.74, 6) is -1.01. The Balaban J connectivity index is 2.34. The molecule has 0 aliphatic heterocycles. The number of H-pyrrole nitrogens is 1. The third-order valence-corrected chi connectivity index (χ3v) is 2.98. The second-order valence-electron chi connectivity index (χ2n) is 4.20. The monoisotopic (exact) mass is 253 g/mol. The van der Waals surface area contributed by atoms with Crippen molar-refractivity contribution in [3.8, 4) is 11.1 Å². The molecule has 5 heteroatoms. The molecule has 0 atom stereocenters. The number of anilines is 1. The number of hydrogen-bond acceptors (Lipinski definition) is 3. The lowest BCUT2D eigenvalue weighted by atomic mass is 10.0. The molecule has 19 heavy (non-hydrogen) atoms. The second-order valence-corrected chi connectivity index (χ2v) is 4.20. The van der Waals surface area contributed by atoms with Gasteiger partial charge in [-0.05, 0) is 29.8 Å². The van der Waals surface area contributed by atoms with E-state index in [4.69, 9.17) is 5.73 Å². The number of nitrogens with zero attached hydrogens (tertiary/aromatic N) is 1. The zero-order chi connectivity index (χ0) is 13.4. The van der Waals surface area contributed by atoms with Crippen molar-refractivity contribution in [2.45, 2.75) is 0 Å². The number of rotatable bonds is 2. The average molecular weight is 253 g/mol. The lowest BCUT2D eigenvalue weighted by Gasteiger charge is -2.02. The van der Waals surface area contributed by atoms with Gasteiger partial charge in [0.15, 0.2) is 0 Å². The predicted molar refractivity (Wildman–Crippen MR) is 72.9 cm³/mol. The largest absolute Gasteiger partial charge is 0.477 e. The van der Waals surface area contributed by atoms with Gasteiger partial charge >= 0.3 is 5.97 Å². The average Bonchev–Trinajstić information content (AvgIpc) is 2.79. The summed E-state index contributed by atoms with van der Waals surface area (Å²) in [6, 6.07) is 10.7. The summed E-state index contributed by atoms with van der Waals surface area (Å²) in [6.45, 7) is 0. The quantitative estimate of drug-likeness (QED) is 0.612. The van der Waals surface area contributed by atoms with Gasteiger partial charge in [-0.25, -0.2) is 9.78 Å². The van der Waals surface area contributed by atoms with Crippen LogP contribution in [-0.4, -0.2) is 21.0 Å². The number of nitrogens with one attached hydrogen (secondary N) is 1. The zero-order valence-corrected chi connectivity index (χ0v) is 9.92. The number of aromatic nitrogens is 2. The van der Waals surface area contributed by atoms with E-state index in [1.807, 2.05) is 6.07 Å². The molecule has 2 aromatic heterocycles. The fraction of sp³-hybridized carbons (Fsp3) is 0. The Kier molecular flexibility index (Phi) is 2.45. The van der Waals surface area contributed by atoms with Crippen LogP contribution in [0.4, 0.5) is 5.69 Å². The van der Waals surface area contributed by atoms with Gasteiger partial charge in [-0.2, -0.15) is 0 Å². The normalized spacial score (nSPS) is 10.7. The van der Waals surface area contributed by atoms with Gasteiger partial charge in [-0.3, -0.25) is 0 Å². The molecule has 0 amide bonds. The molecular weight excluding hydrogens is 242 g/mol. The molecular formula is C14H11N3O2. The first kappa shape index (κ1) is 11.3. The van der Waals surface area contributed by atoms with Crippen LogP contribution in [0.25, 0.3) is 22.2 Å². The maximum Gasteiger partial charge on any atom is 0.353 e. The number of benzene rings is 1. The Bertz CT molecular complexity index is 760. The fourth-order valence-electron chi connectivity index (χ4n) is 2.13. The van der Waals surface area contributed by atoms with E-state index in [0.717, 1.165) is 10.9 Å². The predicted octanol–water partition coefficient (Wildman–Crippen LogP) is 2.51. The zero-order valence-electron chi connectivity index (χ0n) is 9.92. The molecule has 0 aliphatic rings. The number of aromatic amines is 1. The van der Waals surface area contributed by atoms with Crippen LogP contribution in [-0.2, 0) is 0 Å². The van der Waals surface area contributed by atoms with Crippen molar-refractivity contribution in [3.05, 3.63) is 48.3 Å². The van der Waals surface area contributed by atoms with Crippen LogP contribution in [0.15, 0.2) is 42.6 Å². The number of aromatic carboxylic acids is 1. The van der Waals surface area contributed by atoms with Gasteiger partial charge in [0.05, 0.1) is 0 Å². The molecule has 4 N–H and O–H groups in total. The summed E-state index contributed by atoms with van der Waals surface area (Å²) in [6.07, 6.45) is 1.62. The highest BCUT2D eigenvalue weighted by atomic mass is 16.4. The topological polar surface area (TPSA) is 92.0 Å². The van der Waals surface area contributed by atoms with Crippen LogP contribution in [0.1, 0.15) is 10.5 Å². The Labute approximate surface area is 108 Å². The van der Waals surface area contributed by atoms with Crippen molar-refractivity contribution in [1.29, 1.82) is 0 Å². The SMILES string of the molecule is Nc1ccc(-c2c(C(=O)O)[nH]c3ncccc23)cc1. The van der Waals surface area contributed by atoms with Gasteiger partial charge in [-0.1, -0.05) is 12.1 Å². The van der Waals surface area contributed by atoms with Crippen LogP contribution >= 0.6 is 0 Å². The molecule has 1 aromatic carbocycles. The molecule has 3 rings (SSSR count). The summed E-state index contributed by atoms with van der Waals surface area (Å²) in [4.78, 5) is 18.3. The second kappa shape index (κ2) is 4.13. The van der Waals surface area contributed by atoms with E-state index < -0.39 is 5.97 Å². The summed E-state index contributed by atoms with van der Waals surface area (Å²) >= 11 is 0. The molecule has 2 heterocycles. The van der Waals surface area contributed by atoms with Gasteiger partial charge in [0.1, 0.15) is 11.3 Å². The standard InChI is InChI=1S/C14H11N3O2/c15-9-5-3-8(4-6-9)11-10-2-1-7-16-13(10)17-12(11)14(18)19/h1-7H,15H2,(H,16,17)(H,18,19). The molecule has 0 saturated carbocycles. The highest BCUT2D eigenvalue weighted by Crippen LogP contribution is 2.31. The lowest BCUT2D eigenvalue weighted by Crippen LogP contribution is -1.98. The number of nitrogen functional groups attached to an aromatic ring is 1. The Morgan fingerprint density at radius 2 is 1.95 bits per heavy atom. The van der Waals surface area contributed by atoms with Gasteiger partial charge in [0, 0.05) is 22.8 Å². The molecule has 5 nitrogen and oxygen atoms in total. The van der Waals surface area contributed by atoms with Gasteiger partial charge in [0.25, 0.3) is 0 Å². The lowest BCUT2D eigenvalue weighted by molar-refractivity contribution is 0.0692. The Hall–Kier alpha value is -2.82. The number of hydrogen-bond donors (Lipinski definition) is 3. The minimum atomic E-state index is -1.01. The third kappa shape index (κ3) is 1.81. The summed E-state index contributed by atoms with van der Waals surface area (Å²) < 4.78 is 0. The number of pyridine rings is 1. The number of carbonyl (C=O) groups is 1. The molecule has 0 fully saturated rings. The van der Waals surface area contributed by atoms with E-state index in [1.54, 1.807) is 36.5 Å². The molecule has 0 saturated heterocycles. The van der Waals surface area contributed by atoms with Gasteiger partial charge in [0.2, 0.25) is 0 Å². The molecule has 3 aromatic rings. The van der Waals surface area contributed by atoms with E-state index >= 15 is 0 Å². The van der Waals surface area contributed by atoms with Crippen molar-refractivity contribution in [3.63, 3.8) is 0 Å². The van der Waals surface area contributed by atoms with Crippen LogP contribution in [0, 0.1) is 0 Å². The smallest absolute Gasteiger partial charge is 0.353 e. The number of fused-ring (bicyclic) bond motifs is 1. The summed E-state index contributed by atoms with van der Waals surface area (Å²) in [7, 11) is 0. The fourth-order valence-corrected chi connectivity index (χ4v) is 2.13. The van der Waals surface area contributed by atoms with E-state index in [-0.39, 0.29) is 5.69 Å². The van der Waals surface area contributed by atoms with Crippen LogP contribution in [0.2, 0.25) is 0 Å². The van der Waals surface area contributed by atoms with Crippen molar-refractivity contribution in [2.24, 2.45) is 0 Å². The van der Waals surface area contributed by atoms with E-state index in [9.17, 15) is 9.90 Å². The minimum absolute atomic E-state index is 0.137. The van der Waals surface area contributed by atoms with Gasteiger partial charge < -0.3 is 15.8 Å². The van der Waals surface area contributed by atoms with Gasteiger partial charge in [-0.15, -0.1) is 0 Å². The van der Waals surface area contributed by atoms with Crippen LogP contribution in [0.3, 0.4) is 0 Å². The van der Waals surface area contributed by atoms with Crippen LogP contribution in [0.5, 0.6) is 0 Å². The first-order valence-corrected chi connectivity index (χ1v) is 5.72. The highest BCUT2D eigenvalue weighted by molar-refractivity contribution is 6.06. The summed E-state index contributed by atoms with van der Waals surface area (Å²) in [5, 5.41) is 10.1. The summed E-state index contributed by atoms with van der Waals surface area (Å²) in [5.41, 5.74) is 8.42. The molecule has 0 bridgehead atoms. The molecule has 0 radical (unpaired) electrons. The van der Waals surface area contributed by atoms with E-state index in [0.29, 0.717) is 16.9 Å². The van der Waals surface area contributed by atoms with Crippen LogP contribution < -0.4 is 5.73 Å². The van der Waals surface area contributed by atoms with Crippen molar-refractivity contribution in [1.82, 2.24) is 9.97 Å². The van der Waals surface area contributed by atoms with Crippen molar-refractivity contribution >= 4 is 22.7 Å². The third-order valence-electron chi connectivity index (χ3n) is 2.98. The molecule has 94 valence electrons. The first-order valence-electron chi connectivity index (χ1n) is 5.72. The number of nitrogens with two attached hydrogens (primary N) is 1. The molecule has 0 aliphatic carbocycles. The maximum atomic E-state index is 11.3. The minimum Gasteiger partial charge on any atom is -0.477 e. The molecule has 0 unspecified atom stereocenters. The van der Waals surface area contributed by atoms with E-state index in [2.05, 4.69) is 9.97 Å². The number of carboxylic acids is 1. The maximum absolute atomic E-state index is 11.3.